The van der Waals surface area contributed by atoms with Crippen LogP contribution in [0.15, 0.2) is 24.3 Å². The van der Waals surface area contributed by atoms with Crippen LogP contribution in [0.3, 0.4) is 0 Å². The second-order valence-corrected chi connectivity index (χ2v) is 24.1. The molecular weight excluding hydrogens is 919 g/mol. The number of hydrogen-bond acceptors (Lipinski definition) is 4. The molecule has 3 unspecified atom stereocenters. The number of carbonyl (C=O) groups is 1. The fourth-order valence-electron chi connectivity index (χ4n) is 11.3. The molecule has 5 nitrogen and oxygen atoms in total. The van der Waals surface area contributed by atoms with Crippen LogP contribution in [0.1, 0.15) is 393 Å². The number of aliphatic hydroxyl groups excluding tert-OH is 3. The predicted molar refractivity (Wildman–Crippen MR) is 333 cm³/mol. The average molecular weight is 1060 g/mol. The van der Waals surface area contributed by atoms with E-state index < -0.39 is 18.2 Å². The van der Waals surface area contributed by atoms with Gasteiger partial charge in [0, 0.05) is 6.42 Å². The van der Waals surface area contributed by atoms with Crippen LogP contribution in [-0.4, -0.2) is 46.1 Å². The lowest BCUT2D eigenvalue weighted by atomic mass is 9.99. The lowest BCUT2D eigenvalue weighted by molar-refractivity contribution is -0.124. The second kappa shape index (κ2) is 65.3. The third kappa shape index (κ3) is 60.3. The van der Waals surface area contributed by atoms with Crippen LogP contribution in [0.2, 0.25) is 0 Å². The summed E-state index contributed by atoms with van der Waals surface area (Å²) in [5.74, 6) is -0.137. The first-order valence-electron chi connectivity index (χ1n) is 34.6. The maximum atomic E-state index is 12.6. The number of rotatable bonds is 65. The third-order valence-corrected chi connectivity index (χ3v) is 16.6. The topological polar surface area (TPSA) is 89.8 Å². The van der Waals surface area contributed by atoms with Gasteiger partial charge < -0.3 is 20.6 Å². The molecule has 0 aromatic rings. The monoisotopic (exact) mass is 1060 g/mol. The molecule has 0 saturated heterocycles. The van der Waals surface area contributed by atoms with E-state index in [1.165, 1.54) is 327 Å². The van der Waals surface area contributed by atoms with E-state index in [2.05, 4.69) is 43.5 Å². The van der Waals surface area contributed by atoms with Crippen molar-refractivity contribution >= 4 is 5.91 Å². The summed E-state index contributed by atoms with van der Waals surface area (Å²) < 4.78 is 0. The van der Waals surface area contributed by atoms with Crippen LogP contribution in [0.5, 0.6) is 0 Å². The highest BCUT2D eigenvalue weighted by atomic mass is 16.3. The van der Waals surface area contributed by atoms with Crippen molar-refractivity contribution in [2.24, 2.45) is 0 Å². The van der Waals surface area contributed by atoms with Gasteiger partial charge in [-0.2, -0.15) is 0 Å². The van der Waals surface area contributed by atoms with Crippen molar-refractivity contribution in [3.8, 4) is 0 Å². The summed E-state index contributed by atoms with van der Waals surface area (Å²) in [6.07, 6.45) is 85.3. The predicted octanol–water partition coefficient (Wildman–Crippen LogP) is 22.4. The molecule has 0 aliphatic heterocycles. The normalized spacial score (nSPS) is 13.2. The molecule has 0 aliphatic carbocycles. The van der Waals surface area contributed by atoms with E-state index in [9.17, 15) is 20.1 Å². The first-order chi connectivity index (χ1) is 37.1. The molecule has 1 amide bonds. The van der Waals surface area contributed by atoms with Gasteiger partial charge in [0.2, 0.25) is 5.91 Å². The molecule has 5 heteroatoms. The Bertz CT molecular complexity index is 1120. The molecule has 4 N–H and O–H groups in total. The summed E-state index contributed by atoms with van der Waals surface area (Å²) in [4.78, 5) is 12.6. The van der Waals surface area contributed by atoms with Gasteiger partial charge in [0.15, 0.2) is 0 Å². The van der Waals surface area contributed by atoms with E-state index in [-0.39, 0.29) is 12.5 Å². The van der Waals surface area contributed by atoms with Gasteiger partial charge in [0.25, 0.3) is 0 Å². The molecule has 0 saturated carbocycles. The van der Waals surface area contributed by atoms with Crippen LogP contribution in [0, 0.1) is 0 Å². The lowest BCUT2D eigenvalue weighted by Gasteiger charge is -2.26. The Morgan fingerprint density at radius 3 is 0.840 bits per heavy atom. The highest BCUT2D eigenvalue weighted by Crippen LogP contribution is 2.19. The quantitative estimate of drug-likeness (QED) is 0.0361. The van der Waals surface area contributed by atoms with Gasteiger partial charge in [-0.3, -0.25) is 4.79 Å². The zero-order chi connectivity index (χ0) is 54.3. The van der Waals surface area contributed by atoms with E-state index in [0.29, 0.717) is 12.8 Å². The fourth-order valence-corrected chi connectivity index (χ4v) is 11.3. The zero-order valence-electron chi connectivity index (χ0n) is 51.2. The Kier molecular flexibility index (Phi) is 64.3. The fraction of sp³-hybridized carbons (Fsp3) is 0.929. The number of carbonyl (C=O) groups excluding carboxylic acids is 1. The van der Waals surface area contributed by atoms with Crippen molar-refractivity contribution in [3.63, 3.8) is 0 Å². The highest BCUT2D eigenvalue weighted by molar-refractivity contribution is 5.76. The third-order valence-electron chi connectivity index (χ3n) is 16.6. The summed E-state index contributed by atoms with van der Waals surface area (Å²) in [7, 11) is 0. The highest BCUT2D eigenvalue weighted by Gasteiger charge is 2.26. The number of aliphatic hydroxyl groups is 3. The largest absolute Gasteiger partial charge is 0.394 e. The van der Waals surface area contributed by atoms with Crippen molar-refractivity contribution in [1.29, 1.82) is 0 Å². The second-order valence-electron chi connectivity index (χ2n) is 24.1. The van der Waals surface area contributed by atoms with Gasteiger partial charge in [0.05, 0.1) is 18.8 Å². The summed E-state index contributed by atoms with van der Waals surface area (Å²) in [6, 6.07) is -0.809. The molecule has 0 heterocycles. The lowest BCUT2D eigenvalue weighted by Crippen LogP contribution is -2.50. The van der Waals surface area contributed by atoms with Gasteiger partial charge in [-0.05, 0) is 44.9 Å². The molecule has 3 atom stereocenters. The molecule has 0 aromatic carbocycles. The Morgan fingerprint density at radius 2 is 0.573 bits per heavy atom. The molecule has 0 aromatic heterocycles. The maximum Gasteiger partial charge on any atom is 0.220 e. The Hall–Kier alpha value is -1.17. The van der Waals surface area contributed by atoms with E-state index in [4.69, 9.17) is 0 Å². The van der Waals surface area contributed by atoms with Crippen LogP contribution >= 0.6 is 0 Å². The minimum Gasteiger partial charge on any atom is -0.394 e. The number of hydrogen-bond donors (Lipinski definition) is 4. The van der Waals surface area contributed by atoms with Crippen LogP contribution in [-0.2, 0) is 4.79 Å². The first-order valence-corrected chi connectivity index (χ1v) is 34.6. The van der Waals surface area contributed by atoms with Crippen molar-refractivity contribution in [1.82, 2.24) is 5.32 Å². The van der Waals surface area contributed by atoms with Crippen LogP contribution in [0.4, 0.5) is 0 Å². The van der Waals surface area contributed by atoms with E-state index in [1.54, 1.807) is 0 Å². The number of amides is 1. The number of allylic oxidation sites excluding steroid dienone is 4. The van der Waals surface area contributed by atoms with Crippen LogP contribution < -0.4 is 5.32 Å². The maximum absolute atomic E-state index is 12.6. The van der Waals surface area contributed by atoms with Crippen molar-refractivity contribution in [3.05, 3.63) is 24.3 Å². The van der Waals surface area contributed by atoms with Gasteiger partial charge in [-0.1, -0.05) is 366 Å². The Balaban J connectivity index is 3.46. The van der Waals surface area contributed by atoms with E-state index >= 15 is 0 Å². The summed E-state index contributed by atoms with van der Waals surface area (Å²) in [5, 5.41) is 34.0. The molecule has 75 heavy (non-hydrogen) atoms. The SMILES string of the molecule is CCCCCCCCCCCCCCC/C=C\C/C=C\CCCCCCCCCCCCCCCCCCCC(=O)NC(CO)C(O)C(O)CCCCCCCCCCCCCCCCCCCCCCCCCC. The van der Waals surface area contributed by atoms with E-state index in [0.717, 1.165) is 38.5 Å². The summed E-state index contributed by atoms with van der Waals surface area (Å²) >= 11 is 0. The molecule has 0 fully saturated rings. The molecule has 0 bridgehead atoms. The summed E-state index contributed by atoms with van der Waals surface area (Å²) in [6.45, 7) is 4.23. The van der Waals surface area contributed by atoms with Crippen molar-refractivity contribution < 1.29 is 20.1 Å². The Morgan fingerprint density at radius 1 is 0.333 bits per heavy atom. The minimum atomic E-state index is -1.14. The minimum absolute atomic E-state index is 0.137. The zero-order valence-corrected chi connectivity index (χ0v) is 51.2. The Labute approximate surface area is 471 Å². The molecule has 446 valence electrons. The molecule has 0 aliphatic rings. The molecule has 0 radical (unpaired) electrons. The molecular formula is C70H137NO4. The van der Waals surface area contributed by atoms with Gasteiger partial charge in [-0.15, -0.1) is 0 Å². The molecule has 0 spiro atoms. The first kappa shape index (κ1) is 73.8. The number of unbranched alkanes of at least 4 members (excludes halogenated alkanes) is 53. The van der Waals surface area contributed by atoms with Gasteiger partial charge >= 0.3 is 0 Å². The van der Waals surface area contributed by atoms with Crippen molar-refractivity contribution in [2.75, 3.05) is 6.61 Å². The molecule has 0 rings (SSSR count). The van der Waals surface area contributed by atoms with E-state index in [1.807, 2.05) is 0 Å². The van der Waals surface area contributed by atoms with Crippen molar-refractivity contribution in [2.45, 2.75) is 411 Å². The average Bonchev–Trinajstić information content (AvgIpc) is 3.41. The van der Waals surface area contributed by atoms with Gasteiger partial charge in [0.1, 0.15) is 6.10 Å². The standard InChI is InChI=1S/C70H137NO4/c1-3-5-7-9-11-13-15-17-19-21-23-25-27-29-30-31-32-33-34-35-36-37-38-39-40-41-43-45-47-49-51-53-55-57-59-61-63-65-69(74)71-67(66-72)70(75)68(73)64-62-60-58-56-54-52-50-48-46-44-42-28-26-24-22-20-18-16-14-12-10-8-6-4-2/h30-31,33-34,67-68,70,72-73,75H,3-29,32,35-66H2,1-2H3,(H,71,74)/b31-30-,34-33-. The smallest absolute Gasteiger partial charge is 0.220 e. The van der Waals surface area contributed by atoms with Crippen LogP contribution in [0.25, 0.3) is 0 Å². The number of nitrogens with one attached hydrogen (secondary N) is 1. The van der Waals surface area contributed by atoms with Gasteiger partial charge in [-0.25, -0.2) is 0 Å². The summed E-state index contributed by atoms with van der Waals surface area (Å²) in [5.41, 5.74) is 0.